The van der Waals surface area contributed by atoms with Crippen LogP contribution in [0.5, 0.6) is 0 Å². The van der Waals surface area contributed by atoms with Crippen molar-refractivity contribution in [1.82, 2.24) is 0 Å². The molecular weight excluding hydrogens is 556 g/mol. The van der Waals surface area contributed by atoms with Gasteiger partial charge in [0.1, 0.15) is 20.0 Å². The molecule has 4 aromatic rings. The molecule has 0 amide bonds. The molecule has 0 fully saturated rings. The van der Waals surface area contributed by atoms with Crippen LogP contribution in [-0.2, 0) is 6.66 Å². The summed E-state index contributed by atoms with van der Waals surface area (Å²) in [4.78, 5) is 8.30. The van der Waals surface area contributed by atoms with Crippen LogP contribution in [0.15, 0.2) is 82.1 Å². The van der Waals surface area contributed by atoms with E-state index in [1.54, 1.807) is 0 Å². The van der Waals surface area contributed by atoms with Gasteiger partial charge in [0.05, 0.1) is 4.88 Å². The van der Waals surface area contributed by atoms with Gasteiger partial charge in [-0.1, -0.05) is 62.5 Å². The molecule has 198 valence electrons. The highest BCUT2D eigenvalue weighted by atomic mass is 32.1. The Morgan fingerprint density at radius 2 is 1.74 bits per heavy atom. The Labute approximate surface area is 246 Å². The second-order valence-electron chi connectivity index (χ2n) is 9.82. The topological polar surface area (TPSA) is 0 Å². The quantitative estimate of drug-likeness (QED) is 0.160. The second-order valence-corrected chi connectivity index (χ2v) is 16.0. The molecule has 0 aliphatic heterocycles. The lowest BCUT2D eigenvalue weighted by molar-refractivity contribution is 0.719. The van der Waals surface area contributed by atoms with E-state index in [1.165, 1.54) is 63.5 Å². The van der Waals surface area contributed by atoms with Crippen LogP contribution in [0, 0.1) is 12.8 Å². The first-order valence-electron chi connectivity index (χ1n) is 13.3. The van der Waals surface area contributed by atoms with Crippen molar-refractivity contribution in [3.05, 3.63) is 97.4 Å². The molecule has 38 heavy (non-hydrogen) atoms. The van der Waals surface area contributed by atoms with Gasteiger partial charge in [0.25, 0.3) is 0 Å². The van der Waals surface area contributed by atoms with Gasteiger partial charge in [-0.2, -0.15) is 0 Å². The SMILES string of the molecule is CCC(=C\C=C(/C)c1ccc(-c2sc(-c3cccs3)cc2C)s1)/C(C)=C/C=C(/c1c[p+](C)cs1)C(C)CC. The van der Waals surface area contributed by atoms with Gasteiger partial charge in [-0.05, 0) is 97.0 Å². The number of hydrogen-bond acceptors (Lipinski definition) is 4. The normalized spacial score (nSPS) is 14.9. The second kappa shape index (κ2) is 13.5. The molecule has 0 aromatic carbocycles. The van der Waals surface area contributed by atoms with Crippen molar-refractivity contribution in [3.63, 3.8) is 0 Å². The molecule has 0 radical (unpaired) electrons. The molecule has 5 heteroatoms. The van der Waals surface area contributed by atoms with Crippen LogP contribution in [0.25, 0.3) is 30.7 Å². The van der Waals surface area contributed by atoms with E-state index in [9.17, 15) is 0 Å². The maximum absolute atomic E-state index is 2.47. The lowest BCUT2D eigenvalue weighted by Crippen LogP contribution is -1.95. The number of allylic oxidation sites excluding steroid dienone is 8. The Balaban J connectivity index is 1.55. The Morgan fingerprint density at radius 3 is 2.39 bits per heavy atom. The minimum absolute atomic E-state index is 0.0689. The van der Waals surface area contributed by atoms with Crippen molar-refractivity contribution in [2.45, 2.75) is 54.4 Å². The first-order valence-corrected chi connectivity index (χ1v) is 18.6. The first kappa shape index (κ1) is 29.2. The largest absolute Gasteiger partial charge is 0.166 e. The van der Waals surface area contributed by atoms with E-state index in [0.29, 0.717) is 5.92 Å². The molecule has 0 aliphatic rings. The smallest absolute Gasteiger partial charge is 0.143 e. The third-order valence-electron chi connectivity index (χ3n) is 6.93. The van der Waals surface area contributed by atoms with E-state index < -0.39 is 0 Å². The van der Waals surface area contributed by atoms with Crippen LogP contribution in [-0.4, -0.2) is 0 Å². The Kier molecular flexibility index (Phi) is 10.4. The highest BCUT2D eigenvalue weighted by Gasteiger charge is 2.15. The number of rotatable bonds is 10. The number of thiophene rings is 3. The van der Waals surface area contributed by atoms with Crippen LogP contribution >= 0.6 is 52.9 Å². The molecule has 2 atom stereocenters. The standard InChI is InChI=1S/C33H38PS4/c1-8-22(3)27(32-20-34(7)21-36-32)15-13-23(4)26(9-2)14-12-24(5)28-16-17-30(37-28)33-25(6)19-31(38-33)29-11-10-18-35-29/h10-22H,8-9H2,1-7H3/q+1/b23-13+,24-12+,26-14+,27-15+. The van der Waals surface area contributed by atoms with Crippen molar-refractivity contribution in [2.75, 3.05) is 0 Å². The molecule has 0 saturated heterocycles. The zero-order chi connectivity index (χ0) is 27.2. The Bertz CT molecular complexity index is 1480. The minimum atomic E-state index is -0.0689. The summed E-state index contributed by atoms with van der Waals surface area (Å²) in [7, 11) is -0.0689. The summed E-state index contributed by atoms with van der Waals surface area (Å²) in [6, 6.07) is 11.3. The maximum Gasteiger partial charge on any atom is 0.166 e. The minimum Gasteiger partial charge on any atom is -0.143 e. The number of aryl methyl sites for hydroxylation is 2. The predicted molar refractivity (Wildman–Crippen MR) is 181 cm³/mol. The molecule has 2 unspecified atom stereocenters. The van der Waals surface area contributed by atoms with Crippen LogP contribution in [0.4, 0.5) is 0 Å². The molecule has 0 aliphatic carbocycles. The Hall–Kier alpha value is -1.81. The predicted octanol–water partition coefficient (Wildman–Crippen LogP) is 13.2. The van der Waals surface area contributed by atoms with Crippen LogP contribution in [0.2, 0.25) is 0 Å². The van der Waals surface area contributed by atoms with Crippen LogP contribution in [0.1, 0.15) is 62.8 Å². The summed E-state index contributed by atoms with van der Waals surface area (Å²) >= 11 is 7.56. The van der Waals surface area contributed by atoms with Crippen molar-refractivity contribution in [3.8, 4) is 19.5 Å². The van der Waals surface area contributed by atoms with Crippen LogP contribution < -0.4 is 0 Å². The highest BCUT2D eigenvalue weighted by Crippen LogP contribution is 2.43. The van der Waals surface area contributed by atoms with Crippen LogP contribution in [0.3, 0.4) is 0 Å². The fourth-order valence-corrected chi connectivity index (χ4v) is 10.5. The lowest BCUT2D eigenvalue weighted by atomic mass is 9.96. The first-order chi connectivity index (χ1) is 18.3. The van der Waals surface area contributed by atoms with E-state index in [0.717, 1.165) is 6.42 Å². The summed E-state index contributed by atoms with van der Waals surface area (Å²) in [6.07, 6.45) is 11.5. The van der Waals surface area contributed by atoms with Crippen molar-refractivity contribution in [1.29, 1.82) is 0 Å². The summed E-state index contributed by atoms with van der Waals surface area (Å²) < 4.78 is 0. The Morgan fingerprint density at radius 1 is 0.921 bits per heavy atom. The van der Waals surface area contributed by atoms with Crippen molar-refractivity contribution < 1.29 is 0 Å². The van der Waals surface area contributed by atoms with Crippen molar-refractivity contribution in [2.24, 2.45) is 12.6 Å². The van der Waals surface area contributed by atoms with Gasteiger partial charge in [-0.3, -0.25) is 0 Å². The summed E-state index contributed by atoms with van der Waals surface area (Å²) in [5, 5.41) is 4.56. The lowest BCUT2D eigenvalue weighted by Gasteiger charge is -2.11. The maximum atomic E-state index is 2.47. The molecule has 0 N–H and O–H groups in total. The van der Waals surface area contributed by atoms with Gasteiger partial charge in [-0.25, -0.2) is 0 Å². The molecule has 4 heterocycles. The van der Waals surface area contributed by atoms with Crippen molar-refractivity contribution >= 4 is 64.0 Å². The van der Waals surface area contributed by atoms with Gasteiger partial charge < -0.3 is 0 Å². The zero-order valence-electron chi connectivity index (χ0n) is 23.5. The number of hydrogen-bond donors (Lipinski definition) is 0. The highest BCUT2D eigenvalue weighted by molar-refractivity contribution is 7.52. The van der Waals surface area contributed by atoms with E-state index in [-0.39, 0.29) is 7.53 Å². The average Bonchev–Trinajstić information content (AvgIpc) is 3.71. The van der Waals surface area contributed by atoms with Gasteiger partial charge in [0, 0.05) is 24.4 Å². The fraction of sp³-hybridized carbons (Fsp3) is 0.303. The monoisotopic (exact) mass is 593 g/mol. The summed E-state index contributed by atoms with van der Waals surface area (Å²) in [5.41, 5.74) is 6.92. The molecular formula is C33H38PS4+. The van der Waals surface area contributed by atoms with E-state index in [1.807, 2.05) is 45.3 Å². The summed E-state index contributed by atoms with van der Waals surface area (Å²) in [6.45, 7) is 16.0. The molecule has 4 rings (SSSR count). The summed E-state index contributed by atoms with van der Waals surface area (Å²) in [5.74, 6) is 3.05. The van der Waals surface area contributed by atoms with Gasteiger partial charge in [0.2, 0.25) is 0 Å². The third-order valence-corrected chi connectivity index (χ3v) is 13.8. The molecule has 4 aromatic heterocycles. The zero-order valence-corrected chi connectivity index (χ0v) is 27.7. The fourth-order valence-electron chi connectivity index (χ4n) is 4.33. The molecule has 0 nitrogen and oxygen atoms in total. The van der Waals surface area contributed by atoms with E-state index in [4.69, 9.17) is 0 Å². The third kappa shape index (κ3) is 7.03. The average molecular weight is 594 g/mol. The molecule has 0 saturated carbocycles. The molecule has 0 spiro atoms. The molecule has 0 bridgehead atoms. The van der Waals surface area contributed by atoms with Gasteiger partial charge in [-0.15, -0.1) is 34.0 Å². The van der Waals surface area contributed by atoms with Gasteiger partial charge in [0.15, 0.2) is 5.11 Å². The van der Waals surface area contributed by atoms with E-state index in [2.05, 4.69) is 119 Å². The van der Waals surface area contributed by atoms with E-state index >= 15 is 0 Å². The van der Waals surface area contributed by atoms with Gasteiger partial charge >= 0.3 is 0 Å².